The van der Waals surface area contributed by atoms with Gasteiger partial charge in [0.05, 0.1) is 25.6 Å². The molecule has 2 aromatic heterocycles. The molecule has 9 nitrogen and oxygen atoms in total. The van der Waals surface area contributed by atoms with E-state index in [0.717, 1.165) is 4.68 Å². The second kappa shape index (κ2) is 7.73. The van der Waals surface area contributed by atoms with E-state index < -0.39 is 11.5 Å². The molecule has 9 heteroatoms. The van der Waals surface area contributed by atoms with Gasteiger partial charge in [-0.25, -0.2) is 4.68 Å². The second-order valence-corrected chi connectivity index (χ2v) is 5.66. The third-order valence-electron chi connectivity index (χ3n) is 3.73. The van der Waals surface area contributed by atoms with Crippen LogP contribution in [0, 0.1) is 6.92 Å². The molecule has 0 aliphatic heterocycles. The van der Waals surface area contributed by atoms with Crippen LogP contribution in [-0.4, -0.2) is 35.1 Å². The molecule has 0 aliphatic carbocycles. The summed E-state index contributed by atoms with van der Waals surface area (Å²) in [5, 5.41) is 10.5. The van der Waals surface area contributed by atoms with Crippen molar-refractivity contribution in [2.24, 2.45) is 0 Å². The predicted octanol–water partition coefficient (Wildman–Crippen LogP) is 1.86. The first-order valence-corrected chi connectivity index (χ1v) is 8.04. The van der Waals surface area contributed by atoms with Gasteiger partial charge in [0.25, 0.3) is 5.56 Å². The average molecular weight is 370 g/mol. The highest BCUT2D eigenvalue weighted by molar-refractivity contribution is 5.89. The summed E-state index contributed by atoms with van der Waals surface area (Å²) in [6.07, 6.45) is 0. The average Bonchev–Trinajstić information content (AvgIpc) is 3.07. The third-order valence-corrected chi connectivity index (χ3v) is 3.73. The Morgan fingerprint density at radius 1 is 1.15 bits per heavy atom. The van der Waals surface area contributed by atoms with Crippen LogP contribution in [0.25, 0.3) is 11.3 Å². The number of aromatic nitrogens is 3. The van der Waals surface area contributed by atoms with Gasteiger partial charge in [-0.05, 0) is 31.2 Å². The van der Waals surface area contributed by atoms with E-state index in [4.69, 9.17) is 14.0 Å². The Kier molecular flexibility index (Phi) is 5.20. The molecule has 3 aromatic rings. The van der Waals surface area contributed by atoms with E-state index in [1.54, 1.807) is 44.4 Å². The molecule has 0 bridgehead atoms. The highest BCUT2D eigenvalue weighted by Crippen LogP contribution is 2.31. The largest absolute Gasteiger partial charge is 0.493 e. The lowest BCUT2D eigenvalue weighted by Gasteiger charge is -2.10. The van der Waals surface area contributed by atoms with Crippen molar-refractivity contribution in [2.75, 3.05) is 19.5 Å². The summed E-state index contributed by atoms with van der Waals surface area (Å²) in [5.74, 6) is 0.871. The lowest BCUT2D eigenvalue weighted by molar-refractivity contribution is -0.117. The first-order chi connectivity index (χ1) is 13.0. The number of carbonyl (C=O) groups is 1. The number of rotatable bonds is 6. The van der Waals surface area contributed by atoms with Crippen LogP contribution in [0.1, 0.15) is 5.69 Å². The van der Waals surface area contributed by atoms with E-state index in [1.807, 2.05) is 0 Å². The Morgan fingerprint density at radius 3 is 2.59 bits per heavy atom. The van der Waals surface area contributed by atoms with Gasteiger partial charge in [-0.2, -0.15) is 5.10 Å². The van der Waals surface area contributed by atoms with Crippen molar-refractivity contribution in [1.82, 2.24) is 14.9 Å². The Labute approximate surface area is 154 Å². The fourth-order valence-electron chi connectivity index (χ4n) is 2.45. The van der Waals surface area contributed by atoms with Gasteiger partial charge in [-0.1, -0.05) is 5.16 Å². The number of nitrogens with one attached hydrogen (secondary N) is 1. The summed E-state index contributed by atoms with van der Waals surface area (Å²) in [4.78, 5) is 24.2. The first-order valence-electron chi connectivity index (χ1n) is 8.04. The molecule has 140 valence electrons. The van der Waals surface area contributed by atoms with Crippen molar-refractivity contribution in [1.29, 1.82) is 0 Å². The SMILES string of the molecule is COc1ccc(-c2ccc(=O)n(CC(=O)Nc3cc(C)no3)n2)cc1OC. The molecule has 2 heterocycles. The van der Waals surface area contributed by atoms with Gasteiger partial charge in [0, 0.05) is 17.7 Å². The van der Waals surface area contributed by atoms with Gasteiger partial charge in [0.15, 0.2) is 11.5 Å². The van der Waals surface area contributed by atoms with Crippen LogP contribution in [0.15, 0.2) is 45.7 Å². The number of ether oxygens (including phenoxy) is 2. The minimum atomic E-state index is -0.454. The molecule has 3 rings (SSSR count). The normalized spacial score (nSPS) is 10.5. The van der Waals surface area contributed by atoms with Crippen molar-refractivity contribution >= 4 is 11.8 Å². The summed E-state index contributed by atoms with van der Waals surface area (Å²) in [7, 11) is 3.08. The zero-order valence-corrected chi connectivity index (χ0v) is 15.1. The molecule has 0 aliphatic rings. The van der Waals surface area contributed by atoms with E-state index in [9.17, 15) is 9.59 Å². The summed E-state index contributed by atoms with van der Waals surface area (Å²) < 4.78 is 16.5. The monoisotopic (exact) mass is 370 g/mol. The molecule has 27 heavy (non-hydrogen) atoms. The Bertz CT molecular complexity index is 1020. The van der Waals surface area contributed by atoms with Crippen molar-refractivity contribution in [3.8, 4) is 22.8 Å². The first kappa shape index (κ1) is 18.2. The molecule has 0 radical (unpaired) electrons. The summed E-state index contributed by atoms with van der Waals surface area (Å²) >= 11 is 0. The quantitative estimate of drug-likeness (QED) is 0.705. The minimum Gasteiger partial charge on any atom is -0.493 e. The molecular weight excluding hydrogens is 352 g/mol. The van der Waals surface area contributed by atoms with Crippen LogP contribution < -0.4 is 20.3 Å². The fraction of sp³-hybridized carbons (Fsp3) is 0.222. The second-order valence-electron chi connectivity index (χ2n) is 5.66. The Morgan fingerprint density at radius 2 is 1.93 bits per heavy atom. The number of anilines is 1. The lowest BCUT2D eigenvalue weighted by atomic mass is 10.1. The van der Waals surface area contributed by atoms with E-state index in [1.165, 1.54) is 13.2 Å². The maximum atomic E-state index is 12.1. The third kappa shape index (κ3) is 4.14. The molecule has 0 unspecified atom stereocenters. The van der Waals surface area contributed by atoms with Crippen LogP contribution in [0.4, 0.5) is 5.88 Å². The van der Waals surface area contributed by atoms with E-state index in [2.05, 4.69) is 15.6 Å². The number of nitrogens with zero attached hydrogens (tertiary/aromatic N) is 3. The van der Waals surface area contributed by atoms with E-state index >= 15 is 0 Å². The molecule has 0 atom stereocenters. The molecule has 0 fully saturated rings. The minimum absolute atomic E-state index is 0.210. The van der Waals surface area contributed by atoms with Crippen LogP contribution in [0.5, 0.6) is 11.5 Å². The maximum Gasteiger partial charge on any atom is 0.267 e. The molecule has 0 saturated carbocycles. The zero-order chi connectivity index (χ0) is 19.4. The Balaban J connectivity index is 1.84. The highest BCUT2D eigenvalue weighted by Gasteiger charge is 2.12. The van der Waals surface area contributed by atoms with Crippen molar-refractivity contribution in [3.05, 3.63) is 52.4 Å². The zero-order valence-electron chi connectivity index (χ0n) is 15.1. The van der Waals surface area contributed by atoms with Gasteiger partial charge < -0.3 is 14.0 Å². The molecule has 0 saturated heterocycles. The Hall–Kier alpha value is -3.62. The number of aryl methyl sites for hydroxylation is 1. The van der Waals surface area contributed by atoms with E-state index in [-0.39, 0.29) is 12.4 Å². The molecular formula is C18H18N4O5. The number of amides is 1. The summed E-state index contributed by atoms with van der Waals surface area (Å²) in [5.41, 5.74) is 1.46. The number of methoxy groups -OCH3 is 2. The van der Waals surface area contributed by atoms with Gasteiger partial charge in [0.1, 0.15) is 6.54 Å². The van der Waals surface area contributed by atoms with Gasteiger partial charge in [-0.3, -0.25) is 14.9 Å². The number of carbonyl (C=O) groups excluding carboxylic acids is 1. The molecule has 1 amide bonds. The van der Waals surface area contributed by atoms with Crippen molar-refractivity contribution in [2.45, 2.75) is 13.5 Å². The van der Waals surface area contributed by atoms with Gasteiger partial charge >= 0.3 is 0 Å². The standard InChI is InChI=1S/C18H18N4O5/c1-11-8-17(27-21-11)19-16(23)10-22-18(24)7-5-13(20-22)12-4-6-14(25-2)15(9-12)26-3/h4-9H,10H2,1-3H3,(H,19,23). The maximum absolute atomic E-state index is 12.1. The summed E-state index contributed by atoms with van der Waals surface area (Å²) in [6.45, 7) is 1.47. The van der Waals surface area contributed by atoms with Crippen LogP contribution in [0.3, 0.4) is 0 Å². The van der Waals surface area contributed by atoms with Crippen molar-refractivity contribution < 1.29 is 18.8 Å². The van der Waals surface area contributed by atoms with E-state index in [0.29, 0.717) is 28.5 Å². The van der Waals surface area contributed by atoms with Crippen LogP contribution in [0.2, 0.25) is 0 Å². The summed E-state index contributed by atoms with van der Waals surface area (Å²) in [6, 6.07) is 9.78. The fourth-order valence-corrected chi connectivity index (χ4v) is 2.45. The number of hydrogen-bond acceptors (Lipinski definition) is 7. The number of hydrogen-bond donors (Lipinski definition) is 1. The number of benzene rings is 1. The van der Waals surface area contributed by atoms with Crippen LogP contribution >= 0.6 is 0 Å². The lowest BCUT2D eigenvalue weighted by Crippen LogP contribution is -2.29. The molecule has 1 aromatic carbocycles. The van der Waals surface area contributed by atoms with Gasteiger partial charge in [0.2, 0.25) is 11.8 Å². The smallest absolute Gasteiger partial charge is 0.267 e. The van der Waals surface area contributed by atoms with Crippen molar-refractivity contribution in [3.63, 3.8) is 0 Å². The predicted molar refractivity (Wildman–Crippen MR) is 96.9 cm³/mol. The van der Waals surface area contributed by atoms with Crippen LogP contribution in [-0.2, 0) is 11.3 Å². The topological polar surface area (TPSA) is 108 Å². The highest BCUT2D eigenvalue weighted by atomic mass is 16.5. The van der Waals surface area contributed by atoms with Gasteiger partial charge in [-0.15, -0.1) is 0 Å². The molecule has 0 spiro atoms. The molecule has 1 N–H and O–H groups in total.